The molecule has 2 atom stereocenters. The summed E-state index contributed by atoms with van der Waals surface area (Å²) in [5, 5.41) is 2.64. The third kappa shape index (κ3) is 3.33. The van der Waals surface area contributed by atoms with E-state index in [1.54, 1.807) is 6.92 Å². The van der Waals surface area contributed by atoms with Gasteiger partial charge in [-0.05, 0) is 13.3 Å². The van der Waals surface area contributed by atoms with Crippen LogP contribution in [0.4, 0.5) is 0 Å². The minimum atomic E-state index is -0.284. The van der Waals surface area contributed by atoms with E-state index in [9.17, 15) is 9.59 Å². The Labute approximate surface area is 83.0 Å². The van der Waals surface area contributed by atoms with Crippen molar-refractivity contribution >= 4 is 11.9 Å². The zero-order valence-corrected chi connectivity index (χ0v) is 8.29. The fourth-order valence-electron chi connectivity index (χ4n) is 1.17. The number of nitrogens with two attached hydrogens (primary N) is 1. The monoisotopic (exact) mass is 200 g/mol. The molecule has 0 heterocycles. The van der Waals surface area contributed by atoms with E-state index in [0.29, 0.717) is 13.2 Å². The predicted molar refractivity (Wildman–Crippen MR) is 50.3 cm³/mol. The summed E-state index contributed by atoms with van der Waals surface area (Å²) in [6.07, 6.45) is 0.979. The maximum Gasteiger partial charge on any atom is 0.307 e. The average Bonchev–Trinajstić information content (AvgIpc) is 2.83. The topological polar surface area (TPSA) is 81.4 Å². The van der Waals surface area contributed by atoms with E-state index in [-0.39, 0.29) is 30.3 Å². The maximum absolute atomic E-state index is 11.2. The Balaban J connectivity index is 2.03. The highest BCUT2D eigenvalue weighted by Crippen LogP contribution is 2.27. The number of hydrogen-bond acceptors (Lipinski definition) is 4. The van der Waals surface area contributed by atoms with Gasteiger partial charge in [0, 0.05) is 12.6 Å². The van der Waals surface area contributed by atoms with Gasteiger partial charge in [-0.3, -0.25) is 9.59 Å². The number of hydrogen-bond donors (Lipinski definition) is 2. The molecule has 5 heteroatoms. The Bertz CT molecular complexity index is 230. The van der Waals surface area contributed by atoms with Gasteiger partial charge >= 0.3 is 5.97 Å². The standard InChI is InChI=1S/C9H16N2O3/c1-2-14-8(12)3-4-11-9(13)6-5-7(6)10/h6-7H,2-5,10H2,1H3,(H,11,13). The number of amides is 1. The number of carbonyl (C=O) groups is 2. The van der Waals surface area contributed by atoms with Gasteiger partial charge in [0.1, 0.15) is 0 Å². The van der Waals surface area contributed by atoms with Crippen molar-refractivity contribution in [1.82, 2.24) is 5.32 Å². The summed E-state index contributed by atoms with van der Waals surface area (Å²) in [7, 11) is 0. The van der Waals surface area contributed by atoms with Crippen LogP contribution in [0.25, 0.3) is 0 Å². The van der Waals surface area contributed by atoms with Gasteiger partial charge in [0.05, 0.1) is 18.9 Å². The van der Waals surface area contributed by atoms with Gasteiger partial charge < -0.3 is 15.8 Å². The van der Waals surface area contributed by atoms with Crippen molar-refractivity contribution < 1.29 is 14.3 Å². The molecule has 0 saturated heterocycles. The molecule has 0 aromatic carbocycles. The fourth-order valence-corrected chi connectivity index (χ4v) is 1.17. The van der Waals surface area contributed by atoms with Crippen molar-refractivity contribution in [3.05, 3.63) is 0 Å². The number of nitrogens with one attached hydrogen (secondary N) is 1. The zero-order valence-electron chi connectivity index (χ0n) is 8.29. The molecule has 0 radical (unpaired) electrons. The van der Waals surface area contributed by atoms with E-state index in [1.807, 2.05) is 0 Å². The van der Waals surface area contributed by atoms with Crippen LogP contribution in [-0.4, -0.2) is 31.1 Å². The molecule has 1 rings (SSSR count). The van der Waals surface area contributed by atoms with E-state index in [2.05, 4.69) is 5.32 Å². The second kappa shape index (κ2) is 4.95. The zero-order chi connectivity index (χ0) is 10.6. The van der Waals surface area contributed by atoms with Crippen molar-refractivity contribution in [3.63, 3.8) is 0 Å². The van der Waals surface area contributed by atoms with E-state index >= 15 is 0 Å². The van der Waals surface area contributed by atoms with Crippen LogP contribution in [0.15, 0.2) is 0 Å². The molecule has 3 N–H and O–H groups in total. The molecule has 0 spiro atoms. The van der Waals surface area contributed by atoms with Crippen LogP contribution in [0, 0.1) is 5.92 Å². The largest absolute Gasteiger partial charge is 0.466 e. The molecule has 5 nitrogen and oxygen atoms in total. The average molecular weight is 200 g/mol. The quantitative estimate of drug-likeness (QED) is 0.581. The molecule has 0 bridgehead atoms. The van der Waals surface area contributed by atoms with Crippen molar-refractivity contribution in [2.24, 2.45) is 11.7 Å². The summed E-state index contributed by atoms with van der Waals surface area (Å²) < 4.78 is 4.71. The summed E-state index contributed by atoms with van der Waals surface area (Å²) in [6, 6.07) is 0.0117. The van der Waals surface area contributed by atoms with E-state index in [1.165, 1.54) is 0 Å². The van der Waals surface area contributed by atoms with E-state index < -0.39 is 0 Å². The van der Waals surface area contributed by atoms with Crippen LogP contribution in [0.5, 0.6) is 0 Å². The van der Waals surface area contributed by atoms with E-state index in [4.69, 9.17) is 10.5 Å². The van der Waals surface area contributed by atoms with Crippen LogP contribution in [0.2, 0.25) is 0 Å². The van der Waals surface area contributed by atoms with E-state index in [0.717, 1.165) is 6.42 Å². The van der Waals surface area contributed by atoms with Gasteiger partial charge in [-0.25, -0.2) is 0 Å². The lowest BCUT2D eigenvalue weighted by molar-refractivity contribution is -0.143. The number of esters is 1. The molecule has 14 heavy (non-hydrogen) atoms. The lowest BCUT2D eigenvalue weighted by atomic mass is 10.3. The third-order valence-corrected chi connectivity index (χ3v) is 2.11. The van der Waals surface area contributed by atoms with Crippen LogP contribution >= 0.6 is 0 Å². The number of rotatable bonds is 5. The summed E-state index contributed by atoms with van der Waals surface area (Å²) in [5.41, 5.74) is 5.49. The molecule has 1 saturated carbocycles. The molecular weight excluding hydrogens is 184 g/mol. The summed E-state index contributed by atoms with van der Waals surface area (Å²) in [6.45, 7) is 2.46. The van der Waals surface area contributed by atoms with Crippen molar-refractivity contribution in [2.45, 2.75) is 25.8 Å². The second-order valence-corrected chi connectivity index (χ2v) is 3.35. The highest BCUT2D eigenvalue weighted by Gasteiger charge is 2.39. The fraction of sp³-hybridized carbons (Fsp3) is 0.778. The van der Waals surface area contributed by atoms with Gasteiger partial charge in [0.15, 0.2) is 0 Å². The summed E-state index contributed by atoms with van der Waals surface area (Å²) in [5.74, 6) is -0.383. The molecule has 80 valence electrons. The highest BCUT2D eigenvalue weighted by molar-refractivity contribution is 5.82. The number of ether oxygens (including phenoxy) is 1. The second-order valence-electron chi connectivity index (χ2n) is 3.35. The molecule has 0 aromatic rings. The first-order chi connectivity index (χ1) is 6.65. The summed E-state index contributed by atoms with van der Waals surface area (Å²) in [4.78, 5) is 22.1. The normalized spacial score (nSPS) is 24.1. The minimum Gasteiger partial charge on any atom is -0.466 e. The predicted octanol–water partition coefficient (Wildman–Crippen LogP) is -0.597. The van der Waals surface area contributed by atoms with Crippen LogP contribution < -0.4 is 11.1 Å². The molecule has 1 fully saturated rings. The molecule has 1 amide bonds. The van der Waals surface area contributed by atoms with Gasteiger partial charge in [-0.15, -0.1) is 0 Å². The van der Waals surface area contributed by atoms with Crippen LogP contribution in [0.3, 0.4) is 0 Å². The molecule has 1 aliphatic carbocycles. The Morgan fingerprint density at radius 3 is 2.71 bits per heavy atom. The van der Waals surface area contributed by atoms with Gasteiger partial charge in [0.2, 0.25) is 5.91 Å². The first kappa shape index (κ1) is 11.0. The van der Waals surface area contributed by atoms with Gasteiger partial charge in [-0.2, -0.15) is 0 Å². The number of carbonyl (C=O) groups excluding carboxylic acids is 2. The molecule has 0 aliphatic heterocycles. The first-order valence-corrected chi connectivity index (χ1v) is 4.84. The SMILES string of the molecule is CCOC(=O)CCNC(=O)C1CC1N. The lowest BCUT2D eigenvalue weighted by Gasteiger charge is -2.03. The highest BCUT2D eigenvalue weighted by atomic mass is 16.5. The van der Waals surface area contributed by atoms with Gasteiger partial charge in [-0.1, -0.05) is 0 Å². The third-order valence-electron chi connectivity index (χ3n) is 2.11. The minimum absolute atomic E-state index is 0.0117. The Morgan fingerprint density at radius 2 is 2.21 bits per heavy atom. The van der Waals surface area contributed by atoms with Crippen molar-refractivity contribution in [3.8, 4) is 0 Å². The van der Waals surface area contributed by atoms with Crippen LogP contribution in [0.1, 0.15) is 19.8 Å². The Morgan fingerprint density at radius 1 is 1.57 bits per heavy atom. The van der Waals surface area contributed by atoms with Gasteiger partial charge in [0.25, 0.3) is 0 Å². The molecule has 1 aliphatic rings. The molecule has 0 aromatic heterocycles. The molecule has 2 unspecified atom stereocenters. The summed E-state index contributed by atoms with van der Waals surface area (Å²) >= 11 is 0. The Kier molecular flexibility index (Phi) is 3.88. The maximum atomic E-state index is 11.2. The smallest absolute Gasteiger partial charge is 0.307 e. The lowest BCUT2D eigenvalue weighted by Crippen LogP contribution is -2.29. The van der Waals surface area contributed by atoms with Crippen molar-refractivity contribution in [2.75, 3.05) is 13.2 Å². The molecular formula is C9H16N2O3. The Hall–Kier alpha value is -1.10. The van der Waals surface area contributed by atoms with Crippen molar-refractivity contribution in [1.29, 1.82) is 0 Å². The first-order valence-electron chi connectivity index (χ1n) is 4.84. The van der Waals surface area contributed by atoms with Crippen LogP contribution in [-0.2, 0) is 14.3 Å².